The van der Waals surface area contributed by atoms with Crippen LogP contribution < -0.4 is 14.9 Å². The molecule has 40 heavy (non-hydrogen) atoms. The molecule has 4 aromatic rings. The molecular formula is C30H27N5O4S. The number of benzene rings is 3. The highest BCUT2D eigenvalue weighted by Crippen LogP contribution is 2.31. The molecule has 1 fully saturated rings. The van der Waals surface area contributed by atoms with Crippen molar-refractivity contribution >= 4 is 28.7 Å². The second-order valence-corrected chi connectivity index (χ2v) is 9.69. The van der Waals surface area contributed by atoms with E-state index in [1.165, 1.54) is 16.7 Å². The zero-order valence-electron chi connectivity index (χ0n) is 22.0. The molecule has 2 amide bonds. The van der Waals surface area contributed by atoms with Gasteiger partial charge in [0, 0.05) is 23.2 Å². The third kappa shape index (κ3) is 5.62. The van der Waals surface area contributed by atoms with Crippen LogP contribution in [0.25, 0.3) is 28.2 Å². The molecule has 9 nitrogen and oxygen atoms in total. The first kappa shape index (κ1) is 26.8. The maximum absolute atomic E-state index is 12.8. The summed E-state index contributed by atoms with van der Waals surface area (Å²) in [5, 5.41) is 9.49. The fourth-order valence-corrected chi connectivity index (χ4v) is 5.01. The minimum Gasteiger partial charge on any atom is -0.497 e. The van der Waals surface area contributed by atoms with Gasteiger partial charge < -0.3 is 9.47 Å². The van der Waals surface area contributed by atoms with Crippen LogP contribution in [0.2, 0.25) is 0 Å². The van der Waals surface area contributed by atoms with Crippen molar-refractivity contribution in [2.24, 2.45) is 5.10 Å². The van der Waals surface area contributed by atoms with Gasteiger partial charge in [0.05, 0.1) is 37.0 Å². The van der Waals surface area contributed by atoms with E-state index < -0.39 is 0 Å². The molecule has 0 aliphatic carbocycles. The van der Waals surface area contributed by atoms with E-state index >= 15 is 0 Å². The third-order valence-electron chi connectivity index (χ3n) is 6.28. The molecular weight excluding hydrogens is 526 g/mol. The number of amidine groups is 1. The molecule has 0 spiro atoms. The first-order valence-corrected chi connectivity index (χ1v) is 13.4. The van der Waals surface area contributed by atoms with Gasteiger partial charge in [0.1, 0.15) is 11.5 Å². The number of methoxy groups -OCH3 is 2. The summed E-state index contributed by atoms with van der Waals surface area (Å²) in [6.07, 6.45) is 1.62. The summed E-state index contributed by atoms with van der Waals surface area (Å²) in [4.78, 5) is 26.3. The zero-order valence-corrected chi connectivity index (χ0v) is 22.9. The highest BCUT2D eigenvalue weighted by Gasteiger charge is 2.27. The van der Waals surface area contributed by atoms with Crippen LogP contribution in [0.5, 0.6) is 11.5 Å². The summed E-state index contributed by atoms with van der Waals surface area (Å²) in [6.45, 7) is 4.01. The molecule has 1 aliphatic rings. The smallest absolute Gasteiger partial charge is 0.271 e. The van der Waals surface area contributed by atoms with E-state index in [2.05, 4.69) is 17.1 Å². The number of hydrogen-bond donors (Lipinski definition) is 1. The van der Waals surface area contributed by atoms with Gasteiger partial charge in [-0.25, -0.2) is 10.1 Å². The van der Waals surface area contributed by atoms with E-state index in [-0.39, 0.29) is 17.6 Å². The molecule has 202 valence electrons. The van der Waals surface area contributed by atoms with Gasteiger partial charge in [0.25, 0.3) is 5.91 Å². The molecule has 5 rings (SSSR count). The average Bonchev–Trinajstić information content (AvgIpc) is 3.60. The van der Waals surface area contributed by atoms with Gasteiger partial charge in [-0.2, -0.15) is 5.10 Å². The number of hydrogen-bond acceptors (Lipinski definition) is 7. The van der Waals surface area contributed by atoms with E-state index in [1.807, 2.05) is 71.4 Å². The number of nitrogens with zero attached hydrogens (tertiary/aromatic N) is 4. The molecule has 0 atom stereocenters. The second kappa shape index (κ2) is 11.9. The van der Waals surface area contributed by atoms with E-state index in [4.69, 9.17) is 14.6 Å². The van der Waals surface area contributed by atoms with Gasteiger partial charge in [-0.15, -0.1) is 11.7 Å². The first-order chi connectivity index (χ1) is 19.5. The lowest BCUT2D eigenvalue weighted by Crippen LogP contribution is -2.31. The van der Waals surface area contributed by atoms with E-state index in [1.54, 1.807) is 32.4 Å². The number of rotatable bonds is 9. The summed E-state index contributed by atoms with van der Waals surface area (Å²) in [6, 6.07) is 24.6. The lowest BCUT2D eigenvalue weighted by molar-refractivity contribution is -0.123. The van der Waals surface area contributed by atoms with Crippen LogP contribution >= 0.6 is 11.8 Å². The number of carbonyl (C=O) groups excluding carboxylic acids is 2. The van der Waals surface area contributed by atoms with Crippen molar-refractivity contribution in [1.29, 1.82) is 0 Å². The Labute approximate surface area is 236 Å². The maximum atomic E-state index is 12.8. The molecule has 10 heteroatoms. The van der Waals surface area contributed by atoms with Crippen molar-refractivity contribution in [3.63, 3.8) is 0 Å². The van der Waals surface area contributed by atoms with E-state index in [0.717, 1.165) is 39.7 Å². The number of ether oxygens (including phenoxy) is 2. The van der Waals surface area contributed by atoms with E-state index in [9.17, 15) is 9.59 Å². The van der Waals surface area contributed by atoms with Crippen LogP contribution in [-0.2, 0) is 4.79 Å². The van der Waals surface area contributed by atoms with E-state index in [0.29, 0.717) is 17.3 Å². The number of amides is 2. The largest absolute Gasteiger partial charge is 0.497 e. The number of hydrazone groups is 1. The topological polar surface area (TPSA) is 98.1 Å². The van der Waals surface area contributed by atoms with Gasteiger partial charge in [-0.05, 0) is 78.9 Å². The summed E-state index contributed by atoms with van der Waals surface area (Å²) in [5.74, 6) is 1.37. The number of aromatic nitrogens is 2. The average molecular weight is 554 g/mol. The normalized spacial score (nSPS) is 13.9. The summed E-state index contributed by atoms with van der Waals surface area (Å²) >= 11 is 1.28. The summed E-state index contributed by atoms with van der Waals surface area (Å²) < 4.78 is 12.5. The predicted octanol–water partition coefficient (Wildman–Crippen LogP) is 4.99. The zero-order chi connectivity index (χ0) is 28.1. The Morgan fingerprint density at radius 2 is 1.62 bits per heavy atom. The fourth-order valence-electron chi connectivity index (χ4n) is 4.16. The Hall–Kier alpha value is -4.83. The highest BCUT2D eigenvalue weighted by atomic mass is 32.2. The summed E-state index contributed by atoms with van der Waals surface area (Å²) in [7, 11) is 3.27. The van der Waals surface area contributed by atoms with Crippen molar-refractivity contribution in [3.8, 4) is 39.7 Å². The van der Waals surface area contributed by atoms with Crippen LogP contribution in [0.1, 0.15) is 10.4 Å². The third-order valence-corrected chi connectivity index (χ3v) is 7.24. The van der Waals surface area contributed by atoms with Crippen LogP contribution in [0.3, 0.4) is 0 Å². The monoisotopic (exact) mass is 553 g/mol. The van der Waals surface area contributed by atoms with Gasteiger partial charge in [-0.3, -0.25) is 14.5 Å². The van der Waals surface area contributed by atoms with Gasteiger partial charge >= 0.3 is 0 Å². The minimum atomic E-state index is -0.382. The lowest BCUT2D eigenvalue weighted by atomic mass is 10.1. The Bertz CT molecular complexity index is 1560. The highest BCUT2D eigenvalue weighted by molar-refractivity contribution is 8.15. The Balaban J connectivity index is 1.43. The SMILES string of the molecule is C=CCN1C(=O)CSC1=NNC(=O)c1ccc(-n2nc(-c3ccc(OC)cc3)cc2-c2ccc(OC)cc2)cc1. The Kier molecular flexibility index (Phi) is 7.97. The van der Waals surface area contributed by atoms with Crippen LogP contribution in [0, 0.1) is 0 Å². The molecule has 2 heterocycles. The summed E-state index contributed by atoms with van der Waals surface area (Å²) in [5.41, 5.74) is 7.32. The van der Waals surface area contributed by atoms with Crippen LogP contribution in [0.15, 0.2) is 96.6 Å². The van der Waals surface area contributed by atoms with Gasteiger partial charge in [-0.1, -0.05) is 17.8 Å². The van der Waals surface area contributed by atoms with Crippen molar-refractivity contribution in [3.05, 3.63) is 97.1 Å². The minimum absolute atomic E-state index is 0.0665. The van der Waals surface area contributed by atoms with Crippen molar-refractivity contribution < 1.29 is 19.1 Å². The van der Waals surface area contributed by atoms with Crippen molar-refractivity contribution in [1.82, 2.24) is 20.1 Å². The van der Waals surface area contributed by atoms with Crippen LogP contribution in [-0.4, -0.2) is 58.2 Å². The molecule has 1 aliphatic heterocycles. The fraction of sp³-hybridized carbons (Fsp3) is 0.133. The second-order valence-electron chi connectivity index (χ2n) is 8.75. The predicted molar refractivity (Wildman–Crippen MR) is 157 cm³/mol. The number of thioether (sulfide) groups is 1. The molecule has 3 aromatic carbocycles. The van der Waals surface area contributed by atoms with Crippen LogP contribution in [0.4, 0.5) is 0 Å². The van der Waals surface area contributed by atoms with Gasteiger partial charge in [0.2, 0.25) is 5.91 Å². The lowest BCUT2D eigenvalue weighted by Gasteiger charge is -2.13. The standard InChI is InChI=1S/C30H27N5O4S/c1-4-17-34-28(36)19-40-30(34)32-31-29(37)22-5-11-23(12-6-22)35-27(21-9-15-25(39-3)16-10-21)18-26(33-35)20-7-13-24(38-2)14-8-20/h4-16,18H,1,17,19H2,2-3H3,(H,31,37). The molecule has 0 saturated carbocycles. The molecule has 0 radical (unpaired) electrons. The Morgan fingerprint density at radius 3 is 2.23 bits per heavy atom. The number of nitrogens with one attached hydrogen (secondary N) is 1. The maximum Gasteiger partial charge on any atom is 0.271 e. The quantitative estimate of drug-likeness (QED) is 0.232. The molecule has 0 bridgehead atoms. The molecule has 1 N–H and O–H groups in total. The van der Waals surface area contributed by atoms with Crippen molar-refractivity contribution in [2.45, 2.75) is 0 Å². The van der Waals surface area contributed by atoms with Gasteiger partial charge in [0.15, 0.2) is 5.17 Å². The molecule has 0 unspecified atom stereocenters. The number of carbonyl (C=O) groups is 2. The van der Waals surface area contributed by atoms with Crippen molar-refractivity contribution in [2.75, 3.05) is 26.5 Å². The molecule has 1 aromatic heterocycles. The first-order valence-electron chi connectivity index (χ1n) is 12.4. The Morgan fingerprint density at radius 1 is 1.00 bits per heavy atom. The molecule has 1 saturated heterocycles.